The molecule has 0 aromatic heterocycles. The number of hydrogen-bond donors (Lipinski definition) is 1. The van der Waals surface area contributed by atoms with Crippen LogP contribution in [0.3, 0.4) is 0 Å². The third-order valence-corrected chi connectivity index (χ3v) is 2.67. The van der Waals surface area contributed by atoms with Gasteiger partial charge in [-0.25, -0.2) is 0 Å². The minimum atomic E-state index is -0.104. The van der Waals surface area contributed by atoms with Gasteiger partial charge in [0.05, 0.1) is 25.4 Å². The van der Waals surface area contributed by atoms with Crippen LogP contribution in [0, 0.1) is 5.92 Å². The molecule has 0 rings (SSSR count). The van der Waals surface area contributed by atoms with Gasteiger partial charge in [-0.05, 0) is 32.6 Å². The fraction of sp³-hybridized carbons (Fsp3) is 1.00. The lowest BCUT2D eigenvalue weighted by molar-refractivity contribution is -0.0482. The Morgan fingerprint density at radius 3 is 2.11 bits per heavy atom. The molecule has 0 saturated carbocycles. The van der Waals surface area contributed by atoms with Crippen LogP contribution in [-0.4, -0.2) is 45.2 Å². The summed E-state index contributed by atoms with van der Waals surface area (Å²) < 4.78 is 16.6. The van der Waals surface area contributed by atoms with Gasteiger partial charge in [0.15, 0.2) is 0 Å². The first-order valence-corrected chi connectivity index (χ1v) is 6.97. The van der Waals surface area contributed by atoms with E-state index in [1.165, 1.54) is 0 Å². The molecule has 0 aromatic carbocycles. The van der Waals surface area contributed by atoms with E-state index >= 15 is 0 Å². The maximum atomic E-state index is 5.86. The Balaban J connectivity index is 3.40. The lowest BCUT2D eigenvalue weighted by Gasteiger charge is -2.25. The Kier molecular flexibility index (Phi) is 10.6. The quantitative estimate of drug-likeness (QED) is 0.547. The second-order valence-electron chi connectivity index (χ2n) is 5.55. The highest BCUT2D eigenvalue weighted by atomic mass is 16.5. The summed E-state index contributed by atoms with van der Waals surface area (Å²) in [5.74, 6) is 0.691. The standard InChI is InChI=1S/C14H31NO3/c1-13(2)5-8-18-14(3,4)6-9-16-11-12-17-10-7-15/h13H,5-12,15H2,1-4H3. The number of rotatable bonds is 12. The van der Waals surface area contributed by atoms with E-state index in [0.29, 0.717) is 38.9 Å². The van der Waals surface area contributed by atoms with Gasteiger partial charge < -0.3 is 19.9 Å². The van der Waals surface area contributed by atoms with E-state index in [0.717, 1.165) is 19.4 Å². The second kappa shape index (κ2) is 10.7. The zero-order chi connectivity index (χ0) is 13.9. The molecule has 0 aromatic rings. The molecule has 0 saturated heterocycles. The van der Waals surface area contributed by atoms with Gasteiger partial charge in [-0.15, -0.1) is 0 Å². The minimum absolute atomic E-state index is 0.104. The summed E-state index contributed by atoms with van der Waals surface area (Å²) in [7, 11) is 0. The summed E-state index contributed by atoms with van der Waals surface area (Å²) in [6.45, 7) is 12.6. The van der Waals surface area contributed by atoms with Crippen LogP contribution >= 0.6 is 0 Å². The average molecular weight is 261 g/mol. The highest BCUT2D eigenvalue weighted by Crippen LogP contribution is 2.15. The van der Waals surface area contributed by atoms with E-state index in [1.807, 2.05) is 0 Å². The summed E-state index contributed by atoms with van der Waals surface area (Å²) in [4.78, 5) is 0. The molecule has 0 atom stereocenters. The molecule has 2 N–H and O–H groups in total. The normalized spacial score (nSPS) is 12.3. The van der Waals surface area contributed by atoms with Crippen LogP contribution < -0.4 is 5.73 Å². The zero-order valence-corrected chi connectivity index (χ0v) is 12.5. The van der Waals surface area contributed by atoms with Crippen LogP contribution in [0.1, 0.15) is 40.5 Å². The molecule has 0 bridgehead atoms. The van der Waals surface area contributed by atoms with Crippen LogP contribution in [0.4, 0.5) is 0 Å². The van der Waals surface area contributed by atoms with Crippen molar-refractivity contribution in [3.63, 3.8) is 0 Å². The van der Waals surface area contributed by atoms with E-state index in [9.17, 15) is 0 Å². The first-order valence-electron chi connectivity index (χ1n) is 6.97. The molecular weight excluding hydrogens is 230 g/mol. The molecule has 0 aliphatic heterocycles. The van der Waals surface area contributed by atoms with Crippen molar-refractivity contribution in [2.45, 2.75) is 46.1 Å². The minimum Gasteiger partial charge on any atom is -0.379 e. The summed E-state index contributed by atoms with van der Waals surface area (Å²) in [5.41, 5.74) is 5.21. The van der Waals surface area contributed by atoms with Crippen molar-refractivity contribution in [2.75, 3.05) is 39.6 Å². The average Bonchev–Trinajstić information content (AvgIpc) is 2.27. The van der Waals surface area contributed by atoms with Crippen LogP contribution in [0.15, 0.2) is 0 Å². The van der Waals surface area contributed by atoms with E-state index in [4.69, 9.17) is 19.9 Å². The first-order chi connectivity index (χ1) is 8.48. The predicted molar refractivity (Wildman–Crippen MR) is 74.8 cm³/mol. The molecule has 0 aliphatic carbocycles. The molecule has 0 unspecified atom stereocenters. The van der Waals surface area contributed by atoms with Crippen molar-refractivity contribution >= 4 is 0 Å². The number of nitrogens with two attached hydrogens (primary N) is 1. The van der Waals surface area contributed by atoms with Gasteiger partial charge >= 0.3 is 0 Å². The third-order valence-electron chi connectivity index (χ3n) is 2.67. The van der Waals surface area contributed by atoms with Crippen molar-refractivity contribution in [1.82, 2.24) is 0 Å². The number of hydrogen-bond acceptors (Lipinski definition) is 4. The zero-order valence-electron chi connectivity index (χ0n) is 12.5. The van der Waals surface area contributed by atoms with Gasteiger partial charge in [0.2, 0.25) is 0 Å². The van der Waals surface area contributed by atoms with Gasteiger partial charge in [0.25, 0.3) is 0 Å². The number of ether oxygens (including phenoxy) is 3. The molecule has 0 fully saturated rings. The summed E-state index contributed by atoms with van der Waals surface area (Å²) in [5, 5.41) is 0. The second-order valence-corrected chi connectivity index (χ2v) is 5.55. The van der Waals surface area contributed by atoms with Gasteiger partial charge in [-0.2, -0.15) is 0 Å². The van der Waals surface area contributed by atoms with Crippen molar-refractivity contribution in [3.8, 4) is 0 Å². The molecular formula is C14H31NO3. The van der Waals surface area contributed by atoms with Crippen molar-refractivity contribution in [3.05, 3.63) is 0 Å². The van der Waals surface area contributed by atoms with E-state index in [2.05, 4.69) is 27.7 Å². The Hall–Kier alpha value is -0.160. The monoisotopic (exact) mass is 261 g/mol. The Bertz CT molecular complexity index is 184. The van der Waals surface area contributed by atoms with Gasteiger partial charge in [-0.1, -0.05) is 13.8 Å². The summed E-state index contributed by atoms with van der Waals surface area (Å²) >= 11 is 0. The smallest absolute Gasteiger partial charge is 0.0701 e. The summed E-state index contributed by atoms with van der Waals surface area (Å²) in [6, 6.07) is 0. The topological polar surface area (TPSA) is 53.7 Å². The molecule has 4 heteroatoms. The lowest BCUT2D eigenvalue weighted by Crippen LogP contribution is -2.27. The van der Waals surface area contributed by atoms with E-state index in [1.54, 1.807) is 0 Å². The van der Waals surface area contributed by atoms with Crippen LogP contribution in [0.5, 0.6) is 0 Å². The molecule has 0 spiro atoms. The maximum Gasteiger partial charge on any atom is 0.0701 e. The molecule has 0 aliphatic rings. The SMILES string of the molecule is CC(C)CCOC(C)(C)CCOCCOCCN. The van der Waals surface area contributed by atoms with Crippen molar-refractivity contribution < 1.29 is 14.2 Å². The highest BCUT2D eigenvalue weighted by Gasteiger charge is 2.17. The Labute approximate surface area is 112 Å². The Morgan fingerprint density at radius 2 is 1.56 bits per heavy atom. The van der Waals surface area contributed by atoms with Crippen molar-refractivity contribution in [2.24, 2.45) is 11.7 Å². The predicted octanol–water partition coefficient (Wildman–Crippen LogP) is 2.21. The van der Waals surface area contributed by atoms with E-state index < -0.39 is 0 Å². The van der Waals surface area contributed by atoms with Crippen LogP contribution in [-0.2, 0) is 14.2 Å². The molecule has 4 nitrogen and oxygen atoms in total. The molecule has 0 amide bonds. The molecule has 110 valence electrons. The van der Waals surface area contributed by atoms with Gasteiger partial charge in [-0.3, -0.25) is 0 Å². The lowest BCUT2D eigenvalue weighted by atomic mass is 10.1. The summed E-state index contributed by atoms with van der Waals surface area (Å²) in [6.07, 6.45) is 2.01. The van der Waals surface area contributed by atoms with Gasteiger partial charge in [0.1, 0.15) is 0 Å². The molecule has 0 radical (unpaired) electrons. The third kappa shape index (κ3) is 12.3. The van der Waals surface area contributed by atoms with Crippen LogP contribution in [0.25, 0.3) is 0 Å². The van der Waals surface area contributed by atoms with Crippen molar-refractivity contribution in [1.29, 1.82) is 0 Å². The van der Waals surface area contributed by atoms with E-state index in [-0.39, 0.29) is 5.60 Å². The van der Waals surface area contributed by atoms with Gasteiger partial charge in [0, 0.05) is 19.8 Å². The van der Waals surface area contributed by atoms with Crippen LogP contribution in [0.2, 0.25) is 0 Å². The maximum absolute atomic E-state index is 5.86. The Morgan fingerprint density at radius 1 is 0.944 bits per heavy atom. The first kappa shape index (κ1) is 17.8. The fourth-order valence-corrected chi connectivity index (χ4v) is 1.37. The highest BCUT2D eigenvalue weighted by molar-refractivity contribution is 4.68. The molecule has 0 heterocycles. The largest absolute Gasteiger partial charge is 0.379 e. The molecule has 18 heavy (non-hydrogen) atoms. The fourth-order valence-electron chi connectivity index (χ4n) is 1.37.